The highest BCUT2D eigenvalue weighted by Crippen LogP contribution is 2.74. The zero-order valence-corrected chi connectivity index (χ0v) is 26.0. The molecule has 2 bridgehead atoms. The van der Waals surface area contributed by atoms with Gasteiger partial charge in [-0.05, 0) is 64.1 Å². The van der Waals surface area contributed by atoms with Gasteiger partial charge in [0.15, 0.2) is 5.78 Å². The van der Waals surface area contributed by atoms with Crippen molar-refractivity contribution in [3.8, 4) is 5.75 Å². The van der Waals surface area contributed by atoms with Crippen LogP contribution in [-0.4, -0.2) is 24.2 Å². The maximum Gasteiger partial charge on any atom is 0.239 e. The molecule has 0 N–H and O–H groups in total. The van der Waals surface area contributed by atoms with Crippen LogP contribution < -0.4 is 9.64 Å². The van der Waals surface area contributed by atoms with Gasteiger partial charge in [0.2, 0.25) is 11.8 Å². The van der Waals surface area contributed by atoms with Gasteiger partial charge in [-0.2, -0.15) is 0 Å². The van der Waals surface area contributed by atoms with Crippen LogP contribution >= 0.6 is 0 Å². The Balaban J connectivity index is 1.47. The molecule has 1 heterocycles. The highest BCUT2D eigenvalue weighted by molar-refractivity contribution is 6.39. The smallest absolute Gasteiger partial charge is 0.239 e. The van der Waals surface area contributed by atoms with Crippen molar-refractivity contribution in [3.63, 3.8) is 0 Å². The number of allylic oxidation sites excluding steroid dienone is 2. The average molecular weight is 616 g/mol. The molecule has 0 spiro atoms. The summed E-state index contributed by atoms with van der Waals surface area (Å²) in [6.45, 7) is 2.61. The monoisotopic (exact) mass is 615 g/mol. The number of ether oxygens (including phenoxy) is 1. The van der Waals surface area contributed by atoms with Crippen molar-refractivity contribution in [2.45, 2.75) is 24.2 Å². The molecule has 5 aromatic rings. The second kappa shape index (κ2) is 11.1. The number of fused-ring (bicyclic) bond motifs is 5. The highest BCUT2D eigenvalue weighted by Gasteiger charge is 2.82. The first-order valence-corrected chi connectivity index (χ1v) is 16.2. The van der Waals surface area contributed by atoms with Gasteiger partial charge in [0, 0.05) is 0 Å². The maximum atomic E-state index is 15.9. The minimum absolute atomic E-state index is 0.125. The molecule has 230 valence electrons. The number of benzene rings is 5. The van der Waals surface area contributed by atoms with Crippen molar-refractivity contribution in [2.75, 3.05) is 11.5 Å². The van der Waals surface area contributed by atoms with Gasteiger partial charge in [-0.1, -0.05) is 128 Å². The molecule has 4 atom stereocenters. The van der Waals surface area contributed by atoms with Crippen molar-refractivity contribution in [3.05, 3.63) is 168 Å². The predicted octanol–water partition coefficient (Wildman–Crippen LogP) is 7.66. The Labute approximate surface area is 274 Å². The van der Waals surface area contributed by atoms with E-state index in [1.165, 1.54) is 4.90 Å². The van der Waals surface area contributed by atoms with Crippen LogP contribution in [0.1, 0.15) is 35.6 Å². The number of hydrogen-bond acceptors (Lipinski definition) is 4. The number of carbonyl (C=O) groups excluding carboxylic acids is 3. The van der Waals surface area contributed by atoms with E-state index in [9.17, 15) is 0 Å². The molecule has 0 radical (unpaired) electrons. The molecule has 3 aliphatic rings. The topological polar surface area (TPSA) is 63.7 Å². The fraction of sp³-hybridized carbons (Fsp3) is 0.167. The summed E-state index contributed by atoms with van der Waals surface area (Å²) in [6.07, 6.45) is 0.867. The molecule has 47 heavy (non-hydrogen) atoms. The number of carbonyl (C=O) groups is 3. The summed E-state index contributed by atoms with van der Waals surface area (Å²) in [5.74, 6) is -2.09. The molecule has 1 saturated heterocycles. The largest absolute Gasteiger partial charge is 0.494 e. The highest BCUT2D eigenvalue weighted by atomic mass is 16.5. The van der Waals surface area contributed by atoms with E-state index in [-0.39, 0.29) is 17.6 Å². The lowest BCUT2D eigenvalue weighted by molar-refractivity contribution is -0.130. The van der Waals surface area contributed by atoms with Gasteiger partial charge >= 0.3 is 0 Å². The van der Waals surface area contributed by atoms with E-state index in [2.05, 4.69) is 0 Å². The summed E-state index contributed by atoms with van der Waals surface area (Å²) in [6, 6.07) is 46.1. The van der Waals surface area contributed by atoms with E-state index >= 15 is 14.4 Å². The number of nitrogens with zero attached hydrogens (tertiary/aromatic N) is 1. The quantitative estimate of drug-likeness (QED) is 0.168. The molecule has 1 aliphatic heterocycles. The van der Waals surface area contributed by atoms with Crippen molar-refractivity contribution < 1.29 is 19.1 Å². The first-order valence-electron chi connectivity index (χ1n) is 16.2. The van der Waals surface area contributed by atoms with Crippen LogP contribution in [0.3, 0.4) is 0 Å². The zero-order chi connectivity index (χ0) is 32.2. The predicted molar refractivity (Wildman–Crippen MR) is 183 cm³/mol. The molecule has 5 nitrogen and oxygen atoms in total. The van der Waals surface area contributed by atoms with Gasteiger partial charge in [0.05, 0.1) is 35.0 Å². The molecule has 8 rings (SSSR count). The standard InChI is InChI=1S/C42H33NO4/c1-2-27-47-33-25-23-32(24-26-33)43-38(44)36-37(39(43)45)42(31-21-13-6-14-22-31)35(29-17-9-4-10-18-29)34(28-15-7-3-8-16-28)41(36,40(42)46)30-19-11-5-12-20-30/h3-26,36-37H,2,27H2,1H3/t36-,37+,41-,42-/m0/s1. The minimum Gasteiger partial charge on any atom is -0.494 e. The second-order valence-electron chi connectivity index (χ2n) is 12.5. The molecule has 2 amide bonds. The Morgan fingerprint density at radius 3 is 1.36 bits per heavy atom. The lowest BCUT2D eigenvalue weighted by atomic mass is 9.59. The first-order chi connectivity index (χ1) is 23.1. The molecular weight excluding hydrogens is 582 g/mol. The molecular formula is C42H33NO4. The minimum atomic E-state index is -1.42. The molecule has 0 unspecified atom stereocenters. The summed E-state index contributed by atoms with van der Waals surface area (Å²) in [5, 5.41) is 0. The van der Waals surface area contributed by atoms with Crippen LogP contribution in [0, 0.1) is 11.8 Å². The molecule has 2 fully saturated rings. The van der Waals surface area contributed by atoms with Crippen LogP contribution in [0.4, 0.5) is 5.69 Å². The van der Waals surface area contributed by atoms with Crippen LogP contribution in [0.25, 0.3) is 11.1 Å². The fourth-order valence-corrected chi connectivity index (χ4v) is 8.50. The number of Topliss-reactive ketones (excluding diaryl/α,β-unsaturated/α-hetero) is 1. The van der Waals surface area contributed by atoms with Crippen LogP contribution in [-0.2, 0) is 25.2 Å². The number of ketones is 1. The van der Waals surface area contributed by atoms with Crippen molar-refractivity contribution >= 4 is 34.4 Å². The van der Waals surface area contributed by atoms with E-state index in [1.807, 2.05) is 128 Å². The third kappa shape index (κ3) is 3.86. The van der Waals surface area contributed by atoms with Crippen LogP contribution in [0.5, 0.6) is 5.75 Å². The number of amides is 2. The van der Waals surface area contributed by atoms with E-state index in [0.717, 1.165) is 28.7 Å². The maximum absolute atomic E-state index is 15.9. The van der Waals surface area contributed by atoms with E-state index in [0.29, 0.717) is 29.2 Å². The molecule has 1 saturated carbocycles. The van der Waals surface area contributed by atoms with Crippen LogP contribution in [0.15, 0.2) is 146 Å². The fourth-order valence-electron chi connectivity index (χ4n) is 8.50. The summed E-state index contributed by atoms with van der Waals surface area (Å²) in [4.78, 5) is 47.3. The van der Waals surface area contributed by atoms with E-state index in [1.54, 1.807) is 24.3 Å². The summed E-state index contributed by atoms with van der Waals surface area (Å²) in [7, 11) is 0. The molecule has 5 aromatic carbocycles. The van der Waals surface area contributed by atoms with Gasteiger partial charge < -0.3 is 4.74 Å². The zero-order valence-electron chi connectivity index (χ0n) is 26.0. The third-order valence-electron chi connectivity index (χ3n) is 10.1. The Hall–Kier alpha value is -5.55. The van der Waals surface area contributed by atoms with Crippen molar-refractivity contribution in [1.82, 2.24) is 0 Å². The normalized spacial score (nSPS) is 24.6. The van der Waals surface area contributed by atoms with E-state index < -0.39 is 22.7 Å². The lowest BCUT2D eigenvalue weighted by Crippen LogP contribution is -2.45. The summed E-state index contributed by atoms with van der Waals surface area (Å²) < 4.78 is 5.79. The Morgan fingerprint density at radius 2 is 0.957 bits per heavy atom. The number of hydrogen-bond donors (Lipinski definition) is 0. The Morgan fingerprint density at radius 1 is 0.553 bits per heavy atom. The first kappa shape index (κ1) is 28.9. The average Bonchev–Trinajstić information content (AvgIpc) is 3.64. The van der Waals surface area contributed by atoms with Crippen LogP contribution in [0.2, 0.25) is 0 Å². The SMILES string of the molecule is CCCOc1ccc(N2C(=O)[C@@H]3[C@H](C2=O)[C@@]2(c4ccccc4)C(=O)[C@@]3(c3ccccc3)C(c3ccccc3)=C2c2ccccc2)cc1. The van der Waals surface area contributed by atoms with Gasteiger partial charge in [0.1, 0.15) is 5.75 Å². The van der Waals surface area contributed by atoms with Gasteiger partial charge in [-0.15, -0.1) is 0 Å². The third-order valence-corrected chi connectivity index (χ3v) is 10.1. The second-order valence-corrected chi connectivity index (χ2v) is 12.5. The Kier molecular flexibility index (Phi) is 6.80. The number of anilines is 1. The van der Waals surface area contributed by atoms with E-state index in [4.69, 9.17) is 4.74 Å². The molecule has 0 aromatic heterocycles. The summed E-state index contributed by atoms with van der Waals surface area (Å²) >= 11 is 0. The van der Waals surface area contributed by atoms with Gasteiger partial charge in [0.25, 0.3) is 0 Å². The van der Waals surface area contributed by atoms with Crippen molar-refractivity contribution in [1.29, 1.82) is 0 Å². The number of rotatable bonds is 8. The molecule has 5 heteroatoms. The lowest BCUT2D eigenvalue weighted by Gasteiger charge is -2.39. The summed E-state index contributed by atoms with van der Waals surface area (Å²) in [5.41, 5.74) is 2.36. The Bertz CT molecular complexity index is 1900. The number of imide groups is 1. The van der Waals surface area contributed by atoms with Gasteiger partial charge in [-0.25, -0.2) is 4.90 Å². The molecule has 2 aliphatic carbocycles. The van der Waals surface area contributed by atoms with Crippen molar-refractivity contribution in [2.24, 2.45) is 11.8 Å². The van der Waals surface area contributed by atoms with Gasteiger partial charge in [-0.3, -0.25) is 14.4 Å².